The molecule has 0 bridgehead atoms. The zero-order chi connectivity index (χ0) is 10.2. The fraction of sp³-hybridized carbons (Fsp3) is 0.500. The van der Waals surface area contributed by atoms with Gasteiger partial charge in [0.1, 0.15) is 0 Å². The third-order valence-corrected chi connectivity index (χ3v) is 2.26. The molecule has 1 rings (SSSR count). The summed E-state index contributed by atoms with van der Waals surface area (Å²) < 4.78 is 0. The molecule has 0 aliphatic heterocycles. The van der Waals surface area contributed by atoms with Crippen LogP contribution in [0.5, 0.6) is 0 Å². The second-order valence-corrected chi connectivity index (χ2v) is 3.55. The van der Waals surface area contributed by atoms with E-state index in [2.05, 4.69) is 36.1 Å². The number of aromatic nitrogens is 1. The van der Waals surface area contributed by atoms with Gasteiger partial charge in [-0.25, -0.2) is 0 Å². The Bertz CT molecular complexity index is 267. The average Bonchev–Trinajstić information content (AvgIpc) is 2.25. The first-order chi connectivity index (χ1) is 6.83. The highest BCUT2D eigenvalue weighted by Crippen LogP contribution is 1.98. The molecule has 2 heteroatoms. The van der Waals surface area contributed by atoms with Crippen molar-refractivity contribution in [1.82, 2.24) is 4.98 Å². The van der Waals surface area contributed by atoms with Crippen molar-refractivity contribution in [2.24, 2.45) is 10.9 Å². The smallest absolute Gasteiger partial charge is 0.0426 e. The molecule has 1 aromatic rings. The second kappa shape index (κ2) is 6.30. The van der Waals surface area contributed by atoms with Crippen molar-refractivity contribution in [3.05, 3.63) is 30.1 Å². The van der Waals surface area contributed by atoms with Gasteiger partial charge in [-0.2, -0.15) is 0 Å². The standard InChI is InChI=1S/C12H18N2/c1-3-11(2)9-14-8-6-12-5-4-7-13-10-12/h4-5,7,9-11H,3,6,8H2,1-2H3/b14-9+. The van der Waals surface area contributed by atoms with Gasteiger partial charge in [0, 0.05) is 25.2 Å². The molecule has 0 spiro atoms. The minimum absolute atomic E-state index is 0.601. The van der Waals surface area contributed by atoms with E-state index in [1.165, 1.54) is 5.56 Å². The SMILES string of the molecule is CCC(C)/C=N/CCc1cccnc1. The monoisotopic (exact) mass is 190 g/mol. The zero-order valence-corrected chi connectivity index (χ0v) is 8.98. The molecule has 0 saturated carbocycles. The molecule has 1 aromatic heterocycles. The summed E-state index contributed by atoms with van der Waals surface area (Å²) >= 11 is 0. The highest BCUT2D eigenvalue weighted by atomic mass is 14.7. The van der Waals surface area contributed by atoms with Crippen molar-refractivity contribution in [1.29, 1.82) is 0 Å². The molecule has 0 fully saturated rings. The number of rotatable bonds is 5. The second-order valence-electron chi connectivity index (χ2n) is 3.55. The van der Waals surface area contributed by atoms with Gasteiger partial charge in [0.2, 0.25) is 0 Å². The molecule has 1 atom stereocenters. The summed E-state index contributed by atoms with van der Waals surface area (Å²) in [6.45, 7) is 5.24. The van der Waals surface area contributed by atoms with E-state index in [4.69, 9.17) is 0 Å². The summed E-state index contributed by atoms with van der Waals surface area (Å²) in [5.41, 5.74) is 1.26. The molecule has 0 amide bonds. The molecule has 76 valence electrons. The fourth-order valence-electron chi connectivity index (χ4n) is 1.10. The van der Waals surface area contributed by atoms with E-state index < -0.39 is 0 Å². The van der Waals surface area contributed by atoms with Crippen molar-refractivity contribution < 1.29 is 0 Å². The Morgan fingerprint density at radius 1 is 1.57 bits per heavy atom. The molecule has 0 aliphatic carbocycles. The van der Waals surface area contributed by atoms with Crippen LogP contribution in [0.15, 0.2) is 29.5 Å². The van der Waals surface area contributed by atoms with Crippen LogP contribution in [0.25, 0.3) is 0 Å². The van der Waals surface area contributed by atoms with Gasteiger partial charge < -0.3 is 0 Å². The largest absolute Gasteiger partial charge is 0.297 e. The summed E-state index contributed by atoms with van der Waals surface area (Å²) in [7, 11) is 0. The highest BCUT2D eigenvalue weighted by Gasteiger charge is 1.92. The van der Waals surface area contributed by atoms with Crippen molar-refractivity contribution in [2.75, 3.05) is 6.54 Å². The Kier molecular flexibility index (Phi) is 4.90. The topological polar surface area (TPSA) is 25.2 Å². The molecule has 0 N–H and O–H groups in total. The van der Waals surface area contributed by atoms with Gasteiger partial charge >= 0.3 is 0 Å². The van der Waals surface area contributed by atoms with Crippen LogP contribution in [0.3, 0.4) is 0 Å². The maximum Gasteiger partial charge on any atom is 0.0426 e. The van der Waals surface area contributed by atoms with Crippen LogP contribution in [0, 0.1) is 5.92 Å². The summed E-state index contributed by atoms with van der Waals surface area (Å²) in [4.78, 5) is 8.45. The average molecular weight is 190 g/mol. The van der Waals surface area contributed by atoms with Crippen LogP contribution < -0.4 is 0 Å². The van der Waals surface area contributed by atoms with Crippen molar-refractivity contribution >= 4 is 6.21 Å². The lowest BCUT2D eigenvalue weighted by atomic mass is 10.1. The molecule has 0 aliphatic rings. The number of pyridine rings is 1. The van der Waals surface area contributed by atoms with E-state index in [0.29, 0.717) is 5.92 Å². The van der Waals surface area contributed by atoms with Gasteiger partial charge in [-0.15, -0.1) is 0 Å². The van der Waals surface area contributed by atoms with E-state index in [9.17, 15) is 0 Å². The molecule has 1 heterocycles. The zero-order valence-electron chi connectivity index (χ0n) is 8.98. The summed E-state index contributed by atoms with van der Waals surface area (Å²) in [6, 6.07) is 4.06. The lowest BCUT2D eigenvalue weighted by Crippen LogP contribution is -1.96. The van der Waals surface area contributed by atoms with Gasteiger partial charge in [0.05, 0.1) is 0 Å². The van der Waals surface area contributed by atoms with Gasteiger partial charge in [0.25, 0.3) is 0 Å². The van der Waals surface area contributed by atoms with Crippen LogP contribution in [0.2, 0.25) is 0 Å². The lowest BCUT2D eigenvalue weighted by molar-refractivity contribution is 0.749. The third-order valence-electron chi connectivity index (χ3n) is 2.26. The van der Waals surface area contributed by atoms with Gasteiger partial charge in [-0.3, -0.25) is 9.98 Å². The Hall–Kier alpha value is -1.18. The van der Waals surface area contributed by atoms with Crippen LogP contribution in [-0.4, -0.2) is 17.7 Å². The first-order valence-corrected chi connectivity index (χ1v) is 5.21. The number of aliphatic imine (C=N–C) groups is 1. The number of hydrogen-bond acceptors (Lipinski definition) is 2. The van der Waals surface area contributed by atoms with Crippen LogP contribution >= 0.6 is 0 Å². The van der Waals surface area contributed by atoms with Crippen molar-refractivity contribution in [2.45, 2.75) is 26.7 Å². The summed E-state index contributed by atoms with van der Waals surface area (Å²) in [5, 5.41) is 0. The molecule has 0 radical (unpaired) electrons. The van der Waals surface area contributed by atoms with E-state index in [1.807, 2.05) is 12.3 Å². The predicted molar refractivity (Wildman–Crippen MR) is 60.8 cm³/mol. The Balaban J connectivity index is 2.25. The molecule has 0 aromatic carbocycles. The van der Waals surface area contributed by atoms with E-state index in [1.54, 1.807) is 6.20 Å². The number of hydrogen-bond donors (Lipinski definition) is 0. The highest BCUT2D eigenvalue weighted by molar-refractivity contribution is 5.59. The van der Waals surface area contributed by atoms with E-state index in [0.717, 1.165) is 19.4 Å². The molecule has 1 unspecified atom stereocenters. The quantitative estimate of drug-likeness (QED) is 0.655. The maximum absolute atomic E-state index is 4.38. The Morgan fingerprint density at radius 2 is 2.43 bits per heavy atom. The minimum atomic E-state index is 0.601. The number of nitrogens with zero attached hydrogens (tertiary/aromatic N) is 2. The summed E-state index contributed by atoms with van der Waals surface area (Å²) in [6.07, 6.45) is 7.90. The summed E-state index contributed by atoms with van der Waals surface area (Å²) in [5.74, 6) is 0.601. The molecule has 2 nitrogen and oxygen atoms in total. The van der Waals surface area contributed by atoms with E-state index >= 15 is 0 Å². The molecule has 0 saturated heterocycles. The maximum atomic E-state index is 4.38. The Labute approximate surface area is 86.1 Å². The predicted octanol–water partition coefficient (Wildman–Crippen LogP) is 2.74. The van der Waals surface area contributed by atoms with E-state index in [-0.39, 0.29) is 0 Å². The van der Waals surface area contributed by atoms with Crippen LogP contribution in [0.4, 0.5) is 0 Å². The van der Waals surface area contributed by atoms with Gasteiger partial charge in [-0.05, 0) is 30.4 Å². The first-order valence-electron chi connectivity index (χ1n) is 5.21. The lowest BCUT2D eigenvalue weighted by Gasteiger charge is -1.99. The molecule has 14 heavy (non-hydrogen) atoms. The normalized spacial score (nSPS) is 13.3. The molecular weight excluding hydrogens is 172 g/mol. The first kappa shape index (κ1) is 10.9. The fourth-order valence-corrected chi connectivity index (χ4v) is 1.10. The van der Waals surface area contributed by atoms with Gasteiger partial charge in [0.15, 0.2) is 0 Å². The van der Waals surface area contributed by atoms with Crippen LogP contribution in [0.1, 0.15) is 25.8 Å². The Morgan fingerprint density at radius 3 is 3.07 bits per heavy atom. The molecular formula is C12H18N2. The van der Waals surface area contributed by atoms with Gasteiger partial charge in [-0.1, -0.05) is 19.9 Å². The van der Waals surface area contributed by atoms with Crippen molar-refractivity contribution in [3.8, 4) is 0 Å². The van der Waals surface area contributed by atoms with Crippen molar-refractivity contribution in [3.63, 3.8) is 0 Å². The van der Waals surface area contributed by atoms with Crippen LogP contribution in [-0.2, 0) is 6.42 Å². The minimum Gasteiger partial charge on any atom is -0.297 e. The third kappa shape index (κ3) is 4.17.